The first-order chi connectivity index (χ1) is 10.2. The first kappa shape index (κ1) is 18.1. The Morgan fingerprint density at radius 3 is 1.86 bits per heavy atom. The van der Waals surface area contributed by atoms with Crippen LogP contribution in [0.15, 0.2) is 54.6 Å². The van der Waals surface area contributed by atoms with Gasteiger partial charge in [0.1, 0.15) is 0 Å². The van der Waals surface area contributed by atoms with Crippen molar-refractivity contribution in [1.82, 2.24) is 0 Å². The van der Waals surface area contributed by atoms with Crippen LogP contribution in [-0.2, 0) is 0 Å². The summed E-state index contributed by atoms with van der Waals surface area (Å²) in [5, 5.41) is 10.5. The molecule has 0 bridgehead atoms. The van der Waals surface area contributed by atoms with Gasteiger partial charge in [0.15, 0.2) is 5.78 Å². The maximum atomic E-state index is 12.0. The van der Waals surface area contributed by atoms with Gasteiger partial charge in [0, 0.05) is 23.3 Å². The van der Waals surface area contributed by atoms with Crippen molar-refractivity contribution in [3.05, 3.63) is 75.8 Å². The summed E-state index contributed by atoms with van der Waals surface area (Å²) >= 11 is 6.62. The van der Waals surface area contributed by atoms with Crippen LogP contribution in [0, 0.1) is 10.1 Å². The Bertz CT molecular complexity index is 639. The molecule has 116 valence electrons. The van der Waals surface area contributed by atoms with Gasteiger partial charge in [0.05, 0.1) is 4.92 Å². The normalized spacial score (nSPS) is 10.4. The summed E-state index contributed by atoms with van der Waals surface area (Å²) in [6.07, 6.45) is 0. The quantitative estimate of drug-likeness (QED) is 0.292. The van der Waals surface area contributed by atoms with E-state index in [-0.39, 0.29) is 11.5 Å². The maximum absolute atomic E-state index is 12.0. The van der Waals surface area contributed by atoms with Crippen molar-refractivity contribution in [2.45, 2.75) is 4.71 Å². The lowest BCUT2D eigenvalue weighted by Gasteiger charge is -2.00. The Kier molecular flexibility index (Phi) is 6.45. The summed E-state index contributed by atoms with van der Waals surface area (Å²) in [6.45, 7) is 0. The molecule has 0 aromatic heterocycles. The molecule has 0 aliphatic heterocycles. The van der Waals surface area contributed by atoms with Gasteiger partial charge in [-0.05, 0) is 23.7 Å². The number of thiol groups is 1. The molecule has 0 aliphatic rings. The van der Waals surface area contributed by atoms with Crippen LogP contribution in [0.1, 0.15) is 15.9 Å². The van der Waals surface area contributed by atoms with Crippen molar-refractivity contribution in [2.24, 2.45) is 0 Å². The number of benzene rings is 2. The molecule has 0 saturated heterocycles. The van der Waals surface area contributed by atoms with E-state index < -0.39 is 9.64 Å². The van der Waals surface area contributed by atoms with E-state index in [9.17, 15) is 23.7 Å². The van der Waals surface area contributed by atoms with Crippen LogP contribution >= 0.6 is 24.2 Å². The number of hydrogen-bond donors (Lipinski definition) is 1. The van der Waals surface area contributed by atoms with Crippen LogP contribution in [0.2, 0.25) is 0 Å². The number of nitrogens with zero attached hydrogens (tertiary/aromatic N) is 1. The molecule has 0 unspecified atom stereocenters. The molecule has 0 amide bonds. The second-order valence-electron chi connectivity index (χ2n) is 3.97. The zero-order chi connectivity index (χ0) is 16.8. The number of ketones is 1. The number of nitro groups is 1. The fourth-order valence-electron chi connectivity index (χ4n) is 1.49. The molecule has 0 aliphatic carbocycles. The van der Waals surface area contributed by atoms with Gasteiger partial charge in [-0.15, -0.1) is 0 Å². The predicted octanol–water partition coefficient (Wildman–Crippen LogP) is 4.53. The SMILES string of the molecule is FC(F)(S)Cl.O=C(c1ccccc1)c1ccc([N+](=O)[O-])cc1. The first-order valence-corrected chi connectivity index (χ1v) is 6.64. The molecule has 0 atom stereocenters. The number of hydrogen-bond acceptors (Lipinski definition) is 4. The summed E-state index contributed by atoms with van der Waals surface area (Å²) in [5.74, 6) is -0.138. The molecule has 0 spiro atoms. The highest BCUT2D eigenvalue weighted by molar-refractivity contribution is 7.82. The van der Waals surface area contributed by atoms with Crippen LogP contribution < -0.4 is 0 Å². The van der Waals surface area contributed by atoms with E-state index >= 15 is 0 Å². The lowest BCUT2D eigenvalue weighted by Crippen LogP contribution is -2.00. The minimum Gasteiger partial charge on any atom is -0.289 e. The van der Waals surface area contributed by atoms with Crippen molar-refractivity contribution in [1.29, 1.82) is 0 Å². The van der Waals surface area contributed by atoms with Crippen molar-refractivity contribution in [3.8, 4) is 0 Å². The lowest BCUT2D eigenvalue weighted by atomic mass is 10.0. The maximum Gasteiger partial charge on any atom is 0.368 e. The molecule has 2 aromatic carbocycles. The standard InChI is InChI=1S/C13H9NO3.CHClF2S/c15-13(10-4-2-1-3-5-10)11-6-8-12(9-7-11)14(16)17;2-1(3,4)5/h1-9H;5H. The Morgan fingerprint density at radius 2 is 1.45 bits per heavy atom. The van der Waals surface area contributed by atoms with Crippen LogP contribution in [-0.4, -0.2) is 15.4 Å². The molecule has 8 heteroatoms. The number of alkyl halides is 3. The number of rotatable bonds is 3. The van der Waals surface area contributed by atoms with Crippen molar-refractivity contribution < 1.29 is 18.5 Å². The minimum atomic E-state index is -3.33. The van der Waals surface area contributed by atoms with Gasteiger partial charge < -0.3 is 0 Å². The van der Waals surface area contributed by atoms with E-state index in [2.05, 4.69) is 24.2 Å². The molecule has 0 fully saturated rings. The number of halogens is 3. The molecular weight excluding hydrogens is 336 g/mol. The number of non-ortho nitro benzene ring substituents is 1. The van der Waals surface area contributed by atoms with E-state index in [4.69, 9.17) is 0 Å². The third-order valence-corrected chi connectivity index (χ3v) is 2.38. The van der Waals surface area contributed by atoms with Gasteiger partial charge >= 0.3 is 4.71 Å². The zero-order valence-corrected chi connectivity index (χ0v) is 12.6. The summed E-state index contributed by atoms with van der Waals surface area (Å²) in [7, 11) is 0. The second kappa shape index (κ2) is 7.86. The first-order valence-electron chi connectivity index (χ1n) is 5.82. The molecule has 0 heterocycles. The van der Waals surface area contributed by atoms with Crippen LogP contribution in [0.5, 0.6) is 0 Å². The van der Waals surface area contributed by atoms with Gasteiger partial charge in [-0.3, -0.25) is 14.9 Å². The van der Waals surface area contributed by atoms with Gasteiger partial charge in [0.2, 0.25) is 0 Å². The Balaban J connectivity index is 0.000000422. The van der Waals surface area contributed by atoms with Gasteiger partial charge in [-0.2, -0.15) is 8.78 Å². The number of carbonyl (C=O) groups is 1. The summed E-state index contributed by atoms with van der Waals surface area (Å²) in [4.78, 5) is 21.9. The molecule has 0 radical (unpaired) electrons. The Labute approximate surface area is 135 Å². The molecule has 0 saturated carbocycles. The molecule has 2 rings (SSSR count). The monoisotopic (exact) mass is 345 g/mol. The lowest BCUT2D eigenvalue weighted by molar-refractivity contribution is -0.384. The predicted molar refractivity (Wildman–Crippen MR) is 82.8 cm³/mol. The fourth-order valence-corrected chi connectivity index (χ4v) is 1.49. The molecule has 0 N–H and O–H groups in total. The number of carbonyl (C=O) groups excluding carboxylic acids is 1. The third kappa shape index (κ3) is 6.64. The topological polar surface area (TPSA) is 60.2 Å². The minimum absolute atomic E-state index is 0.0189. The molecular formula is C14H10ClF2NO3S. The van der Waals surface area contributed by atoms with Gasteiger partial charge in [0.25, 0.3) is 5.69 Å². The van der Waals surface area contributed by atoms with Crippen LogP contribution in [0.4, 0.5) is 14.5 Å². The average Bonchev–Trinajstić information content (AvgIpc) is 2.46. The van der Waals surface area contributed by atoms with Gasteiger partial charge in [-0.1, -0.05) is 43.0 Å². The van der Waals surface area contributed by atoms with E-state index in [1.165, 1.54) is 24.3 Å². The van der Waals surface area contributed by atoms with E-state index in [1.807, 2.05) is 6.07 Å². The van der Waals surface area contributed by atoms with Gasteiger partial charge in [-0.25, -0.2) is 0 Å². The van der Waals surface area contributed by atoms with Crippen molar-refractivity contribution in [2.75, 3.05) is 0 Å². The van der Waals surface area contributed by atoms with E-state index in [1.54, 1.807) is 24.3 Å². The summed E-state index contributed by atoms with van der Waals surface area (Å²) < 4.78 is 18.0. The fraction of sp³-hybridized carbons (Fsp3) is 0.0714. The highest BCUT2D eigenvalue weighted by atomic mass is 35.5. The van der Waals surface area contributed by atoms with Crippen LogP contribution in [0.3, 0.4) is 0 Å². The molecule has 2 aromatic rings. The molecule has 4 nitrogen and oxygen atoms in total. The Hall–Kier alpha value is -1.99. The van der Waals surface area contributed by atoms with E-state index in [0.717, 1.165) is 0 Å². The van der Waals surface area contributed by atoms with Crippen molar-refractivity contribution >= 4 is 35.7 Å². The zero-order valence-electron chi connectivity index (χ0n) is 10.9. The second-order valence-corrected chi connectivity index (χ2v) is 5.27. The largest absolute Gasteiger partial charge is 0.368 e. The summed E-state index contributed by atoms with van der Waals surface area (Å²) in [5.41, 5.74) is 0.998. The van der Waals surface area contributed by atoms with Crippen molar-refractivity contribution in [3.63, 3.8) is 0 Å². The number of nitro benzene ring substituents is 1. The summed E-state index contributed by atoms with van der Waals surface area (Å²) in [6, 6.07) is 14.4. The third-order valence-electron chi connectivity index (χ3n) is 2.38. The Morgan fingerprint density at radius 1 is 1.05 bits per heavy atom. The average molecular weight is 346 g/mol. The molecule has 22 heavy (non-hydrogen) atoms. The smallest absolute Gasteiger partial charge is 0.289 e. The highest BCUT2D eigenvalue weighted by Crippen LogP contribution is 2.21. The van der Waals surface area contributed by atoms with E-state index in [0.29, 0.717) is 11.1 Å². The highest BCUT2D eigenvalue weighted by Gasteiger charge is 2.14. The van der Waals surface area contributed by atoms with Crippen LogP contribution in [0.25, 0.3) is 0 Å².